The average molecular weight is 264 g/mol. The molecule has 0 saturated carbocycles. The molecule has 1 unspecified atom stereocenters. The smallest absolute Gasteiger partial charge is 0.244 e. The zero-order valence-electron chi connectivity index (χ0n) is 11.0. The van der Waals surface area contributed by atoms with Gasteiger partial charge in [0.25, 0.3) is 0 Å². The van der Waals surface area contributed by atoms with Crippen LogP contribution in [0.3, 0.4) is 0 Å². The molecule has 0 aliphatic carbocycles. The standard InChI is InChI=1S/C14H20N2OS/c1-3-18-10-11-5-4-6-12(9-11)15-13-7-8-16(2)14(13)17/h4-6,9,13,15H,3,7-8,10H2,1-2H3. The highest BCUT2D eigenvalue weighted by Crippen LogP contribution is 2.19. The summed E-state index contributed by atoms with van der Waals surface area (Å²) in [7, 11) is 1.86. The van der Waals surface area contributed by atoms with Crippen LogP contribution in [0.1, 0.15) is 18.9 Å². The molecule has 1 aliphatic heterocycles. The molecular formula is C14H20N2OS. The van der Waals surface area contributed by atoms with E-state index in [-0.39, 0.29) is 11.9 Å². The molecule has 1 aliphatic rings. The van der Waals surface area contributed by atoms with E-state index >= 15 is 0 Å². The van der Waals surface area contributed by atoms with Crippen LogP contribution >= 0.6 is 11.8 Å². The van der Waals surface area contributed by atoms with Crippen LogP contribution in [0.4, 0.5) is 5.69 Å². The number of carbonyl (C=O) groups is 1. The van der Waals surface area contributed by atoms with Gasteiger partial charge in [0.2, 0.25) is 5.91 Å². The Bertz CT molecular complexity index is 422. The molecule has 98 valence electrons. The molecule has 0 aromatic heterocycles. The maximum absolute atomic E-state index is 11.8. The molecule has 18 heavy (non-hydrogen) atoms. The van der Waals surface area contributed by atoms with Gasteiger partial charge in [-0.15, -0.1) is 0 Å². The minimum absolute atomic E-state index is 0.0518. The highest BCUT2D eigenvalue weighted by Gasteiger charge is 2.28. The summed E-state index contributed by atoms with van der Waals surface area (Å²) in [5, 5.41) is 3.34. The molecule has 0 spiro atoms. The van der Waals surface area contributed by atoms with Gasteiger partial charge < -0.3 is 10.2 Å². The second-order valence-corrected chi connectivity index (χ2v) is 5.86. The highest BCUT2D eigenvalue weighted by molar-refractivity contribution is 7.98. The van der Waals surface area contributed by atoms with Crippen molar-refractivity contribution in [1.29, 1.82) is 0 Å². The lowest BCUT2D eigenvalue weighted by atomic mass is 10.2. The second-order valence-electron chi connectivity index (χ2n) is 4.58. The topological polar surface area (TPSA) is 32.3 Å². The molecule has 1 saturated heterocycles. The molecule has 1 fully saturated rings. The first-order chi connectivity index (χ1) is 8.70. The van der Waals surface area contributed by atoms with Crippen molar-refractivity contribution in [2.45, 2.75) is 25.1 Å². The number of thioether (sulfide) groups is 1. The Labute approximate surface area is 113 Å². The normalized spacial score (nSPS) is 19.3. The van der Waals surface area contributed by atoms with Crippen LogP contribution in [0.2, 0.25) is 0 Å². The molecular weight excluding hydrogens is 244 g/mol. The van der Waals surface area contributed by atoms with Gasteiger partial charge in [-0.1, -0.05) is 19.1 Å². The Hall–Kier alpha value is -1.16. The predicted octanol–water partition coefficient (Wildman–Crippen LogP) is 2.58. The number of rotatable bonds is 5. The lowest BCUT2D eigenvalue weighted by Crippen LogP contribution is -2.30. The number of likely N-dealkylation sites (N-methyl/N-ethyl adjacent to an activating group) is 1. The monoisotopic (exact) mass is 264 g/mol. The Balaban J connectivity index is 1.99. The largest absolute Gasteiger partial charge is 0.374 e. The first kappa shape index (κ1) is 13.3. The summed E-state index contributed by atoms with van der Waals surface area (Å²) < 4.78 is 0. The van der Waals surface area contributed by atoms with E-state index in [1.54, 1.807) is 4.90 Å². The van der Waals surface area contributed by atoms with E-state index in [9.17, 15) is 4.79 Å². The van der Waals surface area contributed by atoms with Crippen LogP contribution < -0.4 is 5.32 Å². The van der Waals surface area contributed by atoms with Crippen molar-refractivity contribution in [1.82, 2.24) is 4.90 Å². The summed E-state index contributed by atoms with van der Waals surface area (Å²) in [6.07, 6.45) is 0.892. The number of anilines is 1. The highest BCUT2D eigenvalue weighted by atomic mass is 32.2. The Morgan fingerprint density at radius 1 is 1.50 bits per heavy atom. The van der Waals surface area contributed by atoms with Crippen molar-refractivity contribution in [3.05, 3.63) is 29.8 Å². The van der Waals surface area contributed by atoms with Crippen LogP contribution in [0.15, 0.2) is 24.3 Å². The third kappa shape index (κ3) is 3.19. The number of carbonyl (C=O) groups excluding carboxylic acids is 1. The molecule has 3 nitrogen and oxygen atoms in total. The predicted molar refractivity (Wildman–Crippen MR) is 77.9 cm³/mol. The molecule has 1 heterocycles. The Morgan fingerprint density at radius 3 is 3.00 bits per heavy atom. The van der Waals surface area contributed by atoms with E-state index in [1.165, 1.54) is 5.56 Å². The van der Waals surface area contributed by atoms with E-state index in [2.05, 4.69) is 30.4 Å². The molecule has 1 amide bonds. The van der Waals surface area contributed by atoms with Crippen LogP contribution in [0, 0.1) is 0 Å². The fourth-order valence-electron chi connectivity index (χ4n) is 2.13. The summed E-state index contributed by atoms with van der Waals surface area (Å²) in [6.45, 7) is 3.02. The van der Waals surface area contributed by atoms with Gasteiger partial charge in [0.15, 0.2) is 0 Å². The van der Waals surface area contributed by atoms with Crippen molar-refractivity contribution in [2.24, 2.45) is 0 Å². The summed E-state index contributed by atoms with van der Waals surface area (Å²) in [6, 6.07) is 8.32. The zero-order valence-corrected chi connectivity index (χ0v) is 11.8. The van der Waals surface area contributed by atoms with E-state index in [1.807, 2.05) is 24.9 Å². The molecule has 1 N–H and O–H groups in total. The van der Waals surface area contributed by atoms with Crippen LogP contribution in [0.25, 0.3) is 0 Å². The van der Waals surface area contributed by atoms with Gasteiger partial charge in [-0.05, 0) is 29.9 Å². The number of likely N-dealkylation sites (tertiary alicyclic amines) is 1. The van der Waals surface area contributed by atoms with Crippen LogP contribution in [-0.2, 0) is 10.5 Å². The number of hydrogen-bond donors (Lipinski definition) is 1. The van der Waals surface area contributed by atoms with Crippen molar-refractivity contribution in [3.8, 4) is 0 Å². The van der Waals surface area contributed by atoms with E-state index in [4.69, 9.17) is 0 Å². The van der Waals surface area contributed by atoms with Crippen molar-refractivity contribution >= 4 is 23.4 Å². The van der Waals surface area contributed by atoms with Gasteiger partial charge in [-0.3, -0.25) is 4.79 Å². The first-order valence-corrected chi connectivity index (χ1v) is 7.54. The Kier molecular flexibility index (Phi) is 4.53. The molecule has 0 bridgehead atoms. The SMILES string of the molecule is CCSCc1cccc(NC2CCN(C)C2=O)c1. The van der Waals surface area contributed by atoms with E-state index in [0.29, 0.717) is 0 Å². The van der Waals surface area contributed by atoms with Crippen molar-refractivity contribution < 1.29 is 4.79 Å². The molecule has 1 aromatic rings. The summed E-state index contributed by atoms with van der Waals surface area (Å²) in [5.41, 5.74) is 2.36. The lowest BCUT2D eigenvalue weighted by molar-refractivity contribution is -0.127. The van der Waals surface area contributed by atoms with Crippen molar-refractivity contribution in [3.63, 3.8) is 0 Å². The summed E-state index contributed by atoms with van der Waals surface area (Å²) >= 11 is 1.91. The maximum atomic E-state index is 11.8. The minimum atomic E-state index is -0.0518. The third-order valence-corrected chi connectivity index (χ3v) is 4.11. The van der Waals surface area contributed by atoms with Gasteiger partial charge in [-0.2, -0.15) is 11.8 Å². The maximum Gasteiger partial charge on any atom is 0.244 e. The van der Waals surface area contributed by atoms with E-state index in [0.717, 1.165) is 30.2 Å². The van der Waals surface area contributed by atoms with E-state index < -0.39 is 0 Å². The fourth-order valence-corrected chi connectivity index (χ4v) is 2.75. The van der Waals surface area contributed by atoms with Gasteiger partial charge in [0.1, 0.15) is 6.04 Å². The minimum Gasteiger partial charge on any atom is -0.374 e. The summed E-state index contributed by atoms with van der Waals surface area (Å²) in [4.78, 5) is 13.6. The molecule has 1 aromatic carbocycles. The quantitative estimate of drug-likeness (QED) is 0.887. The lowest BCUT2D eigenvalue weighted by Gasteiger charge is -2.14. The Morgan fingerprint density at radius 2 is 2.33 bits per heavy atom. The van der Waals surface area contributed by atoms with Gasteiger partial charge >= 0.3 is 0 Å². The van der Waals surface area contributed by atoms with Crippen molar-refractivity contribution in [2.75, 3.05) is 24.7 Å². The number of hydrogen-bond acceptors (Lipinski definition) is 3. The van der Waals surface area contributed by atoms with Gasteiger partial charge in [0, 0.05) is 25.0 Å². The first-order valence-electron chi connectivity index (χ1n) is 6.39. The molecule has 4 heteroatoms. The van der Waals surface area contributed by atoms with Gasteiger partial charge in [0.05, 0.1) is 0 Å². The average Bonchev–Trinajstić information content (AvgIpc) is 2.69. The summed E-state index contributed by atoms with van der Waals surface area (Å²) in [5.74, 6) is 2.36. The number of amides is 1. The zero-order chi connectivity index (χ0) is 13.0. The van der Waals surface area contributed by atoms with Crippen LogP contribution in [0.5, 0.6) is 0 Å². The van der Waals surface area contributed by atoms with Crippen LogP contribution in [-0.4, -0.2) is 36.2 Å². The molecule has 0 radical (unpaired) electrons. The molecule has 1 atom stereocenters. The second kappa shape index (κ2) is 6.14. The fraction of sp³-hybridized carbons (Fsp3) is 0.500. The number of benzene rings is 1. The number of nitrogens with zero attached hydrogens (tertiary/aromatic N) is 1. The third-order valence-electron chi connectivity index (χ3n) is 3.17. The van der Waals surface area contributed by atoms with Gasteiger partial charge in [-0.25, -0.2) is 0 Å². The number of nitrogens with one attached hydrogen (secondary N) is 1. The molecule has 2 rings (SSSR count).